The van der Waals surface area contributed by atoms with Gasteiger partial charge in [-0.15, -0.1) is 0 Å². The second-order valence-electron chi connectivity index (χ2n) is 8.76. The van der Waals surface area contributed by atoms with Crippen LogP contribution in [0, 0.1) is 0 Å². The molecule has 2 aromatic carbocycles. The van der Waals surface area contributed by atoms with Crippen molar-refractivity contribution in [1.82, 2.24) is 0 Å². The average Bonchev–Trinajstić information content (AvgIpc) is 2.76. The van der Waals surface area contributed by atoms with Crippen LogP contribution in [0.5, 0.6) is 0 Å². The van der Waals surface area contributed by atoms with Gasteiger partial charge in [0.15, 0.2) is 0 Å². The van der Waals surface area contributed by atoms with Crippen molar-refractivity contribution >= 4 is 16.5 Å². The second kappa shape index (κ2) is 15.4. The molecule has 1 heteroatoms. The first-order valence-electron chi connectivity index (χ1n) is 12.6. The number of rotatable bonds is 17. The molecule has 0 amide bonds. The lowest BCUT2D eigenvalue weighted by Gasteiger charge is -2.25. The Morgan fingerprint density at radius 1 is 0.517 bits per heavy atom. The predicted octanol–water partition coefficient (Wildman–Crippen LogP) is 9.15. The number of nitrogens with zero attached hydrogens (tertiary/aromatic N) is 1. The maximum atomic E-state index is 2.66. The van der Waals surface area contributed by atoms with Gasteiger partial charge in [0.1, 0.15) is 0 Å². The quantitative estimate of drug-likeness (QED) is 0.241. The Balaban J connectivity index is 1.82. The van der Waals surface area contributed by atoms with E-state index in [4.69, 9.17) is 0 Å². The number of anilines is 1. The van der Waals surface area contributed by atoms with Gasteiger partial charge >= 0.3 is 0 Å². The molecule has 0 aliphatic rings. The number of hydrogen-bond donors (Lipinski definition) is 0. The van der Waals surface area contributed by atoms with Gasteiger partial charge in [-0.25, -0.2) is 0 Å². The summed E-state index contributed by atoms with van der Waals surface area (Å²) in [4.78, 5) is 2.66. The molecule has 2 aromatic rings. The van der Waals surface area contributed by atoms with E-state index in [0.717, 1.165) is 0 Å². The van der Waals surface area contributed by atoms with E-state index in [1.165, 1.54) is 119 Å². The maximum Gasteiger partial charge on any atom is 0.0372 e. The highest BCUT2D eigenvalue weighted by Crippen LogP contribution is 2.23. The summed E-state index contributed by atoms with van der Waals surface area (Å²) in [5.74, 6) is 0. The zero-order valence-corrected chi connectivity index (χ0v) is 19.3. The van der Waals surface area contributed by atoms with Crippen molar-refractivity contribution in [3.63, 3.8) is 0 Å². The number of fused-ring (bicyclic) bond motifs is 1. The van der Waals surface area contributed by atoms with Crippen LogP contribution in [0.1, 0.15) is 104 Å². The highest BCUT2D eigenvalue weighted by molar-refractivity contribution is 5.85. The van der Waals surface area contributed by atoms with Gasteiger partial charge < -0.3 is 4.90 Å². The summed E-state index contributed by atoms with van der Waals surface area (Å²) in [7, 11) is 0. The Labute approximate surface area is 180 Å². The van der Waals surface area contributed by atoms with Crippen LogP contribution in [0.2, 0.25) is 0 Å². The fourth-order valence-electron chi connectivity index (χ4n) is 4.26. The fraction of sp³-hybridized carbons (Fsp3) is 0.643. The van der Waals surface area contributed by atoms with Gasteiger partial charge in [-0.1, -0.05) is 121 Å². The minimum atomic E-state index is 1.21. The lowest BCUT2D eigenvalue weighted by molar-refractivity contribution is 0.564. The molecule has 0 radical (unpaired) electrons. The third kappa shape index (κ3) is 9.70. The van der Waals surface area contributed by atoms with E-state index in [2.05, 4.69) is 61.2 Å². The molecule has 162 valence electrons. The molecule has 0 bridgehead atoms. The van der Waals surface area contributed by atoms with Crippen LogP contribution in [0.15, 0.2) is 42.5 Å². The van der Waals surface area contributed by atoms with Gasteiger partial charge in [0.05, 0.1) is 0 Å². The van der Waals surface area contributed by atoms with Crippen LogP contribution in [-0.4, -0.2) is 13.1 Å². The van der Waals surface area contributed by atoms with Crippen molar-refractivity contribution in [3.05, 3.63) is 42.5 Å². The van der Waals surface area contributed by atoms with E-state index in [1.807, 2.05) is 0 Å². The average molecular weight is 396 g/mol. The first-order valence-corrected chi connectivity index (χ1v) is 12.6. The molecule has 0 unspecified atom stereocenters. The molecule has 0 aromatic heterocycles. The predicted molar refractivity (Wildman–Crippen MR) is 132 cm³/mol. The summed E-state index contributed by atoms with van der Waals surface area (Å²) in [6.45, 7) is 7.01. The summed E-state index contributed by atoms with van der Waals surface area (Å²) in [5.41, 5.74) is 1.42. The summed E-state index contributed by atoms with van der Waals surface area (Å²) in [6, 6.07) is 15.8. The molecular formula is C28H45N. The number of benzene rings is 2. The largest absolute Gasteiger partial charge is 0.372 e. The molecule has 2 rings (SSSR count). The highest BCUT2D eigenvalue weighted by Gasteiger charge is 2.07. The molecule has 0 aliphatic heterocycles. The van der Waals surface area contributed by atoms with E-state index < -0.39 is 0 Å². The lowest BCUT2D eigenvalue weighted by Crippen LogP contribution is -2.25. The zero-order valence-electron chi connectivity index (χ0n) is 19.3. The second-order valence-corrected chi connectivity index (χ2v) is 8.76. The Bertz CT molecular complexity index is 630. The molecule has 0 saturated carbocycles. The third-order valence-electron chi connectivity index (χ3n) is 6.16. The van der Waals surface area contributed by atoms with Gasteiger partial charge in [0.25, 0.3) is 0 Å². The minimum absolute atomic E-state index is 1.21. The third-order valence-corrected chi connectivity index (χ3v) is 6.16. The highest BCUT2D eigenvalue weighted by atomic mass is 15.1. The van der Waals surface area contributed by atoms with E-state index >= 15 is 0 Å². The summed E-state index contributed by atoms with van der Waals surface area (Å²) >= 11 is 0. The Hall–Kier alpha value is -1.50. The van der Waals surface area contributed by atoms with Gasteiger partial charge in [-0.2, -0.15) is 0 Å². The van der Waals surface area contributed by atoms with E-state index in [1.54, 1.807) is 0 Å². The van der Waals surface area contributed by atoms with Gasteiger partial charge in [-0.3, -0.25) is 0 Å². The molecule has 0 aliphatic carbocycles. The van der Waals surface area contributed by atoms with Crippen molar-refractivity contribution in [2.75, 3.05) is 18.0 Å². The first kappa shape index (κ1) is 23.8. The number of unbranched alkanes of at least 4 members (excludes halogenated alkanes) is 12. The van der Waals surface area contributed by atoms with Gasteiger partial charge in [-0.05, 0) is 35.7 Å². The maximum absolute atomic E-state index is 2.66. The zero-order chi connectivity index (χ0) is 20.6. The van der Waals surface area contributed by atoms with Gasteiger partial charge in [0.2, 0.25) is 0 Å². The Kier molecular flexibility index (Phi) is 12.6. The molecular weight excluding hydrogens is 350 g/mol. The summed E-state index contributed by atoms with van der Waals surface area (Å²) < 4.78 is 0. The van der Waals surface area contributed by atoms with E-state index in [-0.39, 0.29) is 0 Å². The van der Waals surface area contributed by atoms with Crippen LogP contribution in [0.4, 0.5) is 5.69 Å². The van der Waals surface area contributed by atoms with Crippen LogP contribution >= 0.6 is 0 Å². The smallest absolute Gasteiger partial charge is 0.0372 e. The molecule has 0 N–H and O–H groups in total. The van der Waals surface area contributed by atoms with Crippen molar-refractivity contribution in [1.29, 1.82) is 0 Å². The van der Waals surface area contributed by atoms with Crippen LogP contribution in [0.3, 0.4) is 0 Å². The SMILES string of the molecule is CCCCCCCCCN(CCCCCCCCC)c1ccc2ccccc2c1. The Morgan fingerprint density at radius 3 is 1.55 bits per heavy atom. The van der Waals surface area contributed by atoms with Crippen molar-refractivity contribution in [2.24, 2.45) is 0 Å². The van der Waals surface area contributed by atoms with Crippen LogP contribution in [-0.2, 0) is 0 Å². The number of hydrogen-bond acceptors (Lipinski definition) is 1. The van der Waals surface area contributed by atoms with Gasteiger partial charge in [0, 0.05) is 18.8 Å². The molecule has 1 nitrogen and oxygen atoms in total. The van der Waals surface area contributed by atoms with E-state index in [9.17, 15) is 0 Å². The van der Waals surface area contributed by atoms with Crippen molar-refractivity contribution in [3.8, 4) is 0 Å². The molecule has 0 fully saturated rings. The molecule has 0 spiro atoms. The lowest BCUT2D eigenvalue weighted by atomic mass is 10.1. The van der Waals surface area contributed by atoms with Crippen molar-refractivity contribution < 1.29 is 0 Å². The molecule has 0 heterocycles. The molecule has 0 saturated heterocycles. The summed E-state index contributed by atoms with van der Waals surface area (Å²) in [6.07, 6.45) is 19.4. The topological polar surface area (TPSA) is 3.24 Å². The standard InChI is InChI=1S/C28H45N/c1-3-5-7-9-11-13-17-23-29(24-18-14-12-10-8-6-4-2)28-22-21-26-19-15-16-20-27(26)25-28/h15-16,19-22,25H,3-14,17-18,23-24H2,1-2H3. The molecule has 0 atom stereocenters. The van der Waals surface area contributed by atoms with Crippen molar-refractivity contribution in [2.45, 2.75) is 104 Å². The van der Waals surface area contributed by atoms with Crippen LogP contribution in [0.25, 0.3) is 10.8 Å². The Morgan fingerprint density at radius 2 is 1.00 bits per heavy atom. The first-order chi connectivity index (χ1) is 14.3. The van der Waals surface area contributed by atoms with Crippen LogP contribution < -0.4 is 4.90 Å². The summed E-state index contributed by atoms with van der Waals surface area (Å²) in [5, 5.41) is 2.72. The fourth-order valence-corrected chi connectivity index (χ4v) is 4.26. The van der Waals surface area contributed by atoms with E-state index in [0.29, 0.717) is 0 Å². The monoisotopic (exact) mass is 395 g/mol. The minimum Gasteiger partial charge on any atom is -0.372 e. The normalized spacial score (nSPS) is 11.2. The molecule has 29 heavy (non-hydrogen) atoms.